The highest BCUT2D eigenvalue weighted by Gasteiger charge is 2.18. The second-order valence-electron chi connectivity index (χ2n) is 5.52. The quantitative estimate of drug-likeness (QED) is 0.845. The van der Waals surface area contributed by atoms with E-state index in [2.05, 4.69) is 59.4 Å². The largest absolute Gasteiger partial charge is 0.309 e. The molecule has 0 radical (unpaired) electrons. The number of hydrogen-bond acceptors (Lipinski definition) is 3. The molecule has 19 heavy (non-hydrogen) atoms. The first-order valence-electron chi connectivity index (χ1n) is 7.49. The molecule has 1 fully saturated rings. The molecule has 3 heteroatoms. The van der Waals surface area contributed by atoms with E-state index >= 15 is 0 Å². The van der Waals surface area contributed by atoms with Crippen molar-refractivity contribution in [3.63, 3.8) is 0 Å². The van der Waals surface area contributed by atoms with Crippen molar-refractivity contribution < 1.29 is 0 Å². The maximum Gasteiger partial charge on any atom is 0.0449 e. The Morgan fingerprint density at radius 1 is 1.11 bits per heavy atom. The number of benzene rings is 1. The summed E-state index contributed by atoms with van der Waals surface area (Å²) in [5, 5.41) is 3.69. The molecule has 0 spiro atoms. The summed E-state index contributed by atoms with van der Waals surface area (Å²) in [4.78, 5) is 4.99. The van der Waals surface area contributed by atoms with Crippen LogP contribution in [0.3, 0.4) is 0 Å². The zero-order valence-corrected chi connectivity index (χ0v) is 12.3. The summed E-state index contributed by atoms with van der Waals surface area (Å²) < 4.78 is 0. The fourth-order valence-corrected chi connectivity index (χ4v) is 2.58. The lowest BCUT2D eigenvalue weighted by atomic mass is 10.1. The maximum absolute atomic E-state index is 3.69. The van der Waals surface area contributed by atoms with Crippen LogP contribution in [-0.2, 0) is 0 Å². The fourth-order valence-electron chi connectivity index (χ4n) is 2.58. The number of piperazine rings is 1. The summed E-state index contributed by atoms with van der Waals surface area (Å²) in [6, 6.07) is 11.3. The number of nitrogens with zero attached hydrogens (tertiary/aromatic N) is 2. The Balaban J connectivity index is 1.94. The zero-order chi connectivity index (χ0) is 13.5. The second-order valence-corrected chi connectivity index (χ2v) is 5.52. The molecule has 1 unspecified atom stereocenters. The molecule has 1 heterocycles. The second kappa shape index (κ2) is 7.63. The summed E-state index contributed by atoms with van der Waals surface area (Å²) in [6.07, 6.45) is 1.19. The molecule has 1 atom stereocenters. The zero-order valence-electron chi connectivity index (χ0n) is 12.3. The fraction of sp³-hybridized carbons (Fsp3) is 0.625. The third-order valence-corrected chi connectivity index (χ3v) is 3.88. The summed E-state index contributed by atoms with van der Waals surface area (Å²) in [5.74, 6) is 0. The van der Waals surface area contributed by atoms with Crippen molar-refractivity contribution in [1.82, 2.24) is 15.1 Å². The molecule has 0 amide bonds. The minimum Gasteiger partial charge on any atom is -0.309 e. The molecule has 1 N–H and O–H groups in total. The molecule has 2 rings (SSSR count). The molecule has 0 saturated carbocycles. The van der Waals surface area contributed by atoms with Crippen LogP contribution < -0.4 is 5.32 Å². The van der Waals surface area contributed by atoms with Crippen LogP contribution in [0.5, 0.6) is 0 Å². The highest BCUT2D eigenvalue weighted by atomic mass is 15.3. The topological polar surface area (TPSA) is 18.5 Å². The van der Waals surface area contributed by atoms with Crippen LogP contribution in [0.1, 0.15) is 24.9 Å². The Labute approximate surface area is 117 Å². The maximum atomic E-state index is 3.69. The van der Waals surface area contributed by atoms with E-state index in [0.717, 1.165) is 13.1 Å². The van der Waals surface area contributed by atoms with E-state index in [1.807, 2.05) is 0 Å². The summed E-state index contributed by atoms with van der Waals surface area (Å²) >= 11 is 0. The lowest BCUT2D eigenvalue weighted by Gasteiger charge is -2.35. The Kier molecular flexibility index (Phi) is 5.83. The van der Waals surface area contributed by atoms with E-state index in [1.165, 1.54) is 38.2 Å². The van der Waals surface area contributed by atoms with Crippen molar-refractivity contribution in [3.8, 4) is 0 Å². The van der Waals surface area contributed by atoms with Gasteiger partial charge in [-0.25, -0.2) is 0 Å². The number of likely N-dealkylation sites (N-methyl/N-ethyl adjacent to an activating group) is 1. The van der Waals surface area contributed by atoms with Gasteiger partial charge in [0, 0.05) is 38.8 Å². The van der Waals surface area contributed by atoms with Gasteiger partial charge in [-0.2, -0.15) is 0 Å². The van der Waals surface area contributed by atoms with Gasteiger partial charge in [0.15, 0.2) is 0 Å². The normalized spacial score (nSPS) is 19.5. The van der Waals surface area contributed by atoms with E-state index in [9.17, 15) is 0 Å². The number of hydrogen-bond donors (Lipinski definition) is 1. The number of rotatable bonds is 6. The van der Waals surface area contributed by atoms with Crippen LogP contribution >= 0.6 is 0 Å². The average Bonchev–Trinajstić information content (AvgIpc) is 2.46. The highest BCUT2D eigenvalue weighted by Crippen LogP contribution is 2.15. The van der Waals surface area contributed by atoms with Gasteiger partial charge >= 0.3 is 0 Å². The molecule has 106 valence electrons. The van der Waals surface area contributed by atoms with E-state index in [1.54, 1.807) is 0 Å². The third kappa shape index (κ3) is 4.60. The minimum atomic E-state index is 0.463. The van der Waals surface area contributed by atoms with Crippen LogP contribution in [0, 0.1) is 0 Å². The van der Waals surface area contributed by atoms with Crippen LogP contribution in [0.25, 0.3) is 0 Å². The van der Waals surface area contributed by atoms with Crippen molar-refractivity contribution in [1.29, 1.82) is 0 Å². The summed E-state index contributed by atoms with van der Waals surface area (Å²) in [6.45, 7) is 9.20. The van der Waals surface area contributed by atoms with Gasteiger partial charge in [0.2, 0.25) is 0 Å². The van der Waals surface area contributed by atoms with Crippen molar-refractivity contribution in [2.75, 3.05) is 46.3 Å². The van der Waals surface area contributed by atoms with E-state index < -0.39 is 0 Å². The van der Waals surface area contributed by atoms with Crippen molar-refractivity contribution in [2.45, 2.75) is 19.4 Å². The summed E-state index contributed by atoms with van der Waals surface area (Å²) in [5.41, 5.74) is 1.41. The van der Waals surface area contributed by atoms with Gasteiger partial charge < -0.3 is 10.2 Å². The predicted molar refractivity (Wildman–Crippen MR) is 81.4 cm³/mol. The molecule has 1 aromatic carbocycles. The van der Waals surface area contributed by atoms with Gasteiger partial charge in [0.25, 0.3) is 0 Å². The van der Waals surface area contributed by atoms with Crippen LogP contribution in [-0.4, -0.2) is 56.1 Å². The van der Waals surface area contributed by atoms with Crippen LogP contribution in [0.4, 0.5) is 0 Å². The molecule has 1 aliphatic rings. The Hall–Kier alpha value is -0.900. The Morgan fingerprint density at radius 2 is 1.79 bits per heavy atom. The minimum absolute atomic E-state index is 0.463. The standard InChI is InChI=1S/C16H27N3/c1-3-9-17-16(15-7-5-4-6-8-15)14-19-12-10-18(2)11-13-19/h4-8,16-17H,3,9-14H2,1-2H3. The van der Waals surface area contributed by atoms with Gasteiger partial charge in [-0.05, 0) is 25.6 Å². The first-order valence-corrected chi connectivity index (χ1v) is 7.49. The molecule has 1 saturated heterocycles. The van der Waals surface area contributed by atoms with Gasteiger partial charge in [-0.3, -0.25) is 4.90 Å². The number of nitrogens with one attached hydrogen (secondary N) is 1. The molecule has 0 aromatic heterocycles. The monoisotopic (exact) mass is 261 g/mol. The SMILES string of the molecule is CCCNC(CN1CCN(C)CC1)c1ccccc1. The molecule has 1 aliphatic heterocycles. The van der Waals surface area contributed by atoms with Gasteiger partial charge in [0.1, 0.15) is 0 Å². The van der Waals surface area contributed by atoms with Gasteiger partial charge in [-0.1, -0.05) is 37.3 Å². The molecule has 1 aromatic rings. The van der Waals surface area contributed by atoms with E-state index in [-0.39, 0.29) is 0 Å². The predicted octanol–water partition coefficient (Wildman–Crippen LogP) is 1.97. The first-order chi connectivity index (χ1) is 9.29. The van der Waals surface area contributed by atoms with Crippen LogP contribution in [0.15, 0.2) is 30.3 Å². The van der Waals surface area contributed by atoms with Crippen molar-refractivity contribution in [3.05, 3.63) is 35.9 Å². The molecule has 3 nitrogen and oxygen atoms in total. The van der Waals surface area contributed by atoms with Gasteiger partial charge in [-0.15, -0.1) is 0 Å². The highest BCUT2D eigenvalue weighted by molar-refractivity contribution is 5.19. The summed E-state index contributed by atoms with van der Waals surface area (Å²) in [7, 11) is 2.21. The van der Waals surface area contributed by atoms with Gasteiger partial charge in [0.05, 0.1) is 0 Å². The Morgan fingerprint density at radius 3 is 2.42 bits per heavy atom. The average molecular weight is 261 g/mol. The Bertz CT molecular complexity index is 344. The molecule has 0 bridgehead atoms. The smallest absolute Gasteiger partial charge is 0.0449 e. The molecular weight excluding hydrogens is 234 g/mol. The first kappa shape index (κ1) is 14.5. The molecule has 0 aliphatic carbocycles. The van der Waals surface area contributed by atoms with Crippen molar-refractivity contribution in [2.24, 2.45) is 0 Å². The lowest BCUT2D eigenvalue weighted by molar-refractivity contribution is 0.142. The van der Waals surface area contributed by atoms with Crippen molar-refractivity contribution >= 4 is 0 Å². The van der Waals surface area contributed by atoms with E-state index in [0.29, 0.717) is 6.04 Å². The third-order valence-electron chi connectivity index (χ3n) is 3.88. The lowest BCUT2D eigenvalue weighted by Crippen LogP contribution is -2.47. The van der Waals surface area contributed by atoms with E-state index in [4.69, 9.17) is 0 Å². The van der Waals surface area contributed by atoms with Crippen LogP contribution in [0.2, 0.25) is 0 Å². The molecular formula is C16H27N3.